The molecular formula is C4H10O4S. The lowest BCUT2D eigenvalue weighted by atomic mass is 11.8. The molecule has 0 aliphatic heterocycles. The SMILES string of the molecule is O=S(=O)([13CH2][13CH2]O)[13CH2][13CH2]O. The highest BCUT2D eigenvalue weighted by molar-refractivity contribution is 7.91. The molecule has 0 amide bonds. The Hall–Kier alpha value is -0.130. The Kier molecular flexibility index (Phi) is 3.76. The van der Waals surface area contributed by atoms with Crippen LogP contribution >= 0.6 is 0 Å². The maximum atomic E-state index is 10.5. The van der Waals surface area contributed by atoms with Gasteiger partial charge in [0, 0.05) is 0 Å². The van der Waals surface area contributed by atoms with E-state index in [9.17, 15) is 8.42 Å². The average molecular weight is 158 g/mol. The standard InChI is InChI=1S/C4H10O4S/c5-1-3-9(7,8)4-2-6/h5-6H,1-4H2/i1+1,2+1,3+1,4+1. The lowest BCUT2D eigenvalue weighted by Crippen LogP contribution is -2.15. The fraction of sp³-hybridized carbons (Fsp3) is 1.00. The minimum absolute atomic E-state index is 0.256. The first kappa shape index (κ1) is 8.87. The molecule has 4 nitrogen and oxygen atoms in total. The zero-order valence-electron chi connectivity index (χ0n) is 4.95. The van der Waals surface area contributed by atoms with E-state index in [1.807, 2.05) is 0 Å². The molecule has 0 aromatic carbocycles. The Balaban J connectivity index is 3.73. The van der Waals surface area contributed by atoms with Crippen molar-refractivity contribution in [2.75, 3.05) is 24.7 Å². The number of aliphatic hydroxyl groups is 2. The van der Waals surface area contributed by atoms with Gasteiger partial charge in [0.05, 0.1) is 24.7 Å². The van der Waals surface area contributed by atoms with Gasteiger partial charge in [-0.25, -0.2) is 8.42 Å². The summed E-state index contributed by atoms with van der Waals surface area (Å²) in [7, 11) is -3.18. The van der Waals surface area contributed by atoms with Crippen LogP contribution in [0, 0.1) is 0 Å². The third-order valence-corrected chi connectivity index (χ3v) is 2.41. The lowest BCUT2D eigenvalue weighted by Gasteiger charge is -1.96. The van der Waals surface area contributed by atoms with Gasteiger partial charge in [0.2, 0.25) is 0 Å². The predicted octanol–water partition coefficient (Wildman–Crippen LogP) is -1.61. The fourth-order valence-electron chi connectivity index (χ4n) is 0.380. The van der Waals surface area contributed by atoms with Crippen LogP contribution in [-0.2, 0) is 9.84 Å². The van der Waals surface area contributed by atoms with Crippen LogP contribution in [-0.4, -0.2) is 43.4 Å². The molecule has 0 bridgehead atoms. The minimum Gasteiger partial charge on any atom is -0.395 e. The van der Waals surface area contributed by atoms with Gasteiger partial charge in [-0.15, -0.1) is 0 Å². The molecule has 9 heavy (non-hydrogen) atoms. The van der Waals surface area contributed by atoms with Crippen molar-refractivity contribution < 1.29 is 18.6 Å². The summed E-state index contributed by atoms with van der Waals surface area (Å²) in [4.78, 5) is 0. The summed E-state index contributed by atoms with van der Waals surface area (Å²) in [5.41, 5.74) is 0. The van der Waals surface area contributed by atoms with Gasteiger partial charge >= 0.3 is 0 Å². The second-order valence-electron chi connectivity index (χ2n) is 1.60. The smallest absolute Gasteiger partial charge is 0.154 e. The van der Waals surface area contributed by atoms with Gasteiger partial charge in [0.1, 0.15) is 0 Å². The van der Waals surface area contributed by atoms with E-state index in [0.29, 0.717) is 0 Å². The topological polar surface area (TPSA) is 74.6 Å². The summed E-state index contributed by atoms with van der Waals surface area (Å²) >= 11 is 0. The normalized spacial score (nSPS) is 11.8. The molecule has 0 atom stereocenters. The zero-order chi connectivity index (χ0) is 7.33. The van der Waals surface area contributed by atoms with Crippen molar-refractivity contribution in [3.05, 3.63) is 0 Å². The summed E-state index contributed by atoms with van der Waals surface area (Å²) in [6.45, 7) is -0.745. The Morgan fingerprint density at radius 2 is 1.33 bits per heavy atom. The summed E-state index contributed by atoms with van der Waals surface area (Å²) in [5, 5.41) is 16.3. The molecule has 5 heteroatoms. The third kappa shape index (κ3) is 4.38. The third-order valence-electron chi connectivity index (χ3n) is 0.805. The molecule has 2 N–H and O–H groups in total. The maximum Gasteiger partial charge on any atom is 0.154 e. The lowest BCUT2D eigenvalue weighted by molar-refractivity contribution is 0.312. The van der Waals surface area contributed by atoms with Crippen LogP contribution in [0.2, 0.25) is 0 Å². The Morgan fingerprint density at radius 3 is 1.56 bits per heavy atom. The Bertz CT molecular complexity index is 136. The zero-order valence-corrected chi connectivity index (χ0v) is 5.76. The van der Waals surface area contributed by atoms with Crippen LogP contribution in [0.1, 0.15) is 0 Å². The quantitative estimate of drug-likeness (QED) is 0.482. The van der Waals surface area contributed by atoms with Crippen molar-refractivity contribution in [3.8, 4) is 0 Å². The van der Waals surface area contributed by atoms with E-state index in [0.717, 1.165) is 0 Å². The maximum absolute atomic E-state index is 10.5. The van der Waals surface area contributed by atoms with Crippen LogP contribution < -0.4 is 0 Å². The summed E-state index contributed by atoms with van der Waals surface area (Å²) in [5.74, 6) is -0.513. The summed E-state index contributed by atoms with van der Waals surface area (Å²) < 4.78 is 21.0. The first-order chi connectivity index (χ1) is 4.12. The molecule has 0 aliphatic carbocycles. The highest BCUT2D eigenvalue weighted by Gasteiger charge is 2.06. The Labute approximate surface area is 54.0 Å². The number of hydrogen-bond acceptors (Lipinski definition) is 4. The van der Waals surface area contributed by atoms with Crippen molar-refractivity contribution in [1.82, 2.24) is 0 Å². The van der Waals surface area contributed by atoms with Crippen molar-refractivity contribution in [1.29, 1.82) is 0 Å². The average Bonchev–Trinajstić information content (AvgIpc) is 1.64. The second kappa shape index (κ2) is 3.81. The van der Waals surface area contributed by atoms with Crippen molar-refractivity contribution in [3.63, 3.8) is 0 Å². The molecule has 0 rings (SSSR count). The monoisotopic (exact) mass is 158 g/mol. The molecule has 0 saturated carbocycles. The van der Waals surface area contributed by atoms with Crippen molar-refractivity contribution >= 4 is 9.84 Å². The van der Waals surface area contributed by atoms with Gasteiger partial charge in [-0.05, 0) is 0 Å². The van der Waals surface area contributed by atoms with E-state index in [2.05, 4.69) is 0 Å². The largest absolute Gasteiger partial charge is 0.395 e. The summed E-state index contributed by atoms with van der Waals surface area (Å²) in [6.07, 6.45) is 0. The van der Waals surface area contributed by atoms with E-state index in [1.54, 1.807) is 0 Å². The van der Waals surface area contributed by atoms with Gasteiger partial charge in [-0.2, -0.15) is 0 Å². The number of aliphatic hydroxyl groups excluding tert-OH is 2. The van der Waals surface area contributed by atoms with E-state index in [-0.39, 0.29) is 24.7 Å². The minimum atomic E-state index is -3.18. The molecule has 0 fully saturated rings. The highest BCUT2D eigenvalue weighted by atomic mass is 32.2. The molecule has 0 aromatic heterocycles. The van der Waals surface area contributed by atoms with Crippen LogP contribution in [0.5, 0.6) is 0 Å². The number of rotatable bonds is 4. The molecule has 0 spiro atoms. The first-order valence-electron chi connectivity index (χ1n) is 2.54. The van der Waals surface area contributed by atoms with Gasteiger partial charge in [0.25, 0.3) is 0 Å². The molecule has 0 aliphatic rings. The van der Waals surface area contributed by atoms with Crippen LogP contribution in [0.25, 0.3) is 0 Å². The number of hydrogen-bond donors (Lipinski definition) is 2. The molecule has 0 radical (unpaired) electrons. The van der Waals surface area contributed by atoms with Crippen molar-refractivity contribution in [2.45, 2.75) is 0 Å². The summed E-state index contributed by atoms with van der Waals surface area (Å²) in [6, 6.07) is 0. The van der Waals surface area contributed by atoms with Gasteiger partial charge < -0.3 is 10.2 Å². The van der Waals surface area contributed by atoms with Crippen LogP contribution in [0.3, 0.4) is 0 Å². The Morgan fingerprint density at radius 1 is 1.00 bits per heavy atom. The highest BCUT2D eigenvalue weighted by Crippen LogP contribution is 1.86. The van der Waals surface area contributed by atoms with E-state index >= 15 is 0 Å². The van der Waals surface area contributed by atoms with Gasteiger partial charge in [0.15, 0.2) is 9.84 Å². The van der Waals surface area contributed by atoms with Crippen molar-refractivity contribution in [2.24, 2.45) is 0 Å². The predicted molar refractivity (Wildman–Crippen MR) is 32.8 cm³/mol. The van der Waals surface area contributed by atoms with Gasteiger partial charge in [-0.3, -0.25) is 0 Å². The fourth-order valence-corrected chi connectivity index (χ4v) is 1.14. The van der Waals surface area contributed by atoms with E-state index < -0.39 is 9.84 Å². The molecule has 56 valence electrons. The molecule has 0 saturated heterocycles. The first-order valence-corrected chi connectivity index (χ1v) is 4.36. The second-order valence-corrected chi connectivity index (χ2v) is 3.90. The van der Waals surface area contributed by atoms with E-state index in [1.165, 1.54) is 0 Å². The molecule has 0 aromatic rings. The molecular weight excluding hydrogens is 148 g/mol. The van der Waals surface area contributed by atoms with E-state index in [4.69, 9.17) is 10.2 Å². The number of sulfone groups is 1. The van der Waals surface area contributed by atoms with Crippen LogP contribution in [0.4, 0.5) is 0 Å². The molecule has 0 heterocycles. The van der Waals surface area contributed by atoms with Gasteiger partial charge in [-0.1, -0.05) is 0 Å². The molecule has 0 unspecified atom stereocenters. The van der Waals surface area contributed by atoms with Crippen LogP contribution in [0.15, 0.2) is 0 Å².